The molecule has 0 aliphatic rings. The Bertz CT molecular complexity index is 924. The fraction of sp³-hybridized carbons (Fsp3) is 0.0667. The second-order valence-electron chi connectivity index (χ2n) is 4.67. The number of nitrogens with zero attached hydrogens (tertiary/aromatic N) is 1. The highest BCUT2D eigenvalue weighted by molar-refractivity contribution is 6.13. The van der Waals surface area contributed by atoms with E-state index in [2.05, 4.69) is 0 Å². The molecule has 0 fully saturated rings. The van der Waals surface area contributed by atoms with Crippen molar-refractivity contribution in [1.82, 2.24) is 4.57 Å². The number of aromatic nitrogens is 1. The maximum atomic E-state index is 13.3. The molecule has 0 atom stereocenters. The molecule has 1 heterocycles. The monoisotopic (exact) mass is 286 g/mol. The van der Waals surface area contributed by atoms with E-state index in [9.17, 15) is 14.0 Å². The second-order valence-corrected chi connectivity index (χ2v) is 4.67. The molecule has 0 amide bonds. The van der Waals surface area contributed by atoms with Crippen molar-refractivity contribution in [2.45, 2.75) is 0 Å². The fourth-order valence-electron chi connectivity index (χ4n) is 2.16. The van der Waals surface area contributed by atoms with Crippen molar-refractivity contribution >= 4 is 22.6 Å². The van der Waals surface area contributed by atoms with E-state index in [0.717, 1.165) is 6.07 Å². The van der Waals surface area contributed by atoms with E-state index in [1.54, 1.807) is 19.2 Å². The smallest absolute Gasteiger partial charge is 0.408 e. The Morgan fingerprint density at radius 1 is 1.24 bits per heavy atom. The van der Waals surface area contributed by atoms with Crippen LogP contribution in [0.4, 0.5) is 10.1 Å². The molecule has 3 aromatic rings. The summed E-state index contributed by atoms with van der Waals surface area (Å²) in [5, 5.41) is 0. The van der Waals surface area contributed by atoms with Gasteiger partial charge in [-0.15, -0.1) is 0 Å². The van der Waals surface area contributed by atoms with E-state index in [1.807, 2.05) is 0 Å². The summed E-state index contributed by atoms with van der Waals surface area (Å²) in [5.74, 6) is -1.49. The van der Waals surface area contributed by atoms with Crippen LogP contribution >= 0.6 is 0 Å². The maximum absolute atomic E-state index is 13.3. The van der Waals surface area contributed by atoms with Crippen molar-refractivity contribution < 1.29 is 13.6 Å². The first-order chi connectivity index (χ1) is 9.97. The summed E-state index contributed by atoms with van der Waals surface area (Å²) in [4.78, 5) is 23.8. The number of fused-ring (bicyclic) bond motifs is 1. The molecule has 0 aliphatic carbocycles. The number of hydrogen-bond donors (Lipinski definition) is 1. The van der Waals surface area contributed by atoms with E-state index in [-0.39, 0.29) is 16.8 Å². The van der Waals surface area contributed by atoms with Gasteiger partial charge in [-0.05, 0) is 36.4 Å². The number of hydrogen-bond acceptors (Lipinski definition) is 4. The van der Waals surface area contributed by atoms with Gasteiger partial charge in [0, 0.05) is 23.9 Å². The summed E-state index contributed by atoms with van der Waals surface area (Å²) in [7, 11) is 1.57. The van der Waals surface area contributed by atoms with Gasteiger partial charge in [-0.1, -0.05) is 0 Å². The van der Waals surface area contributed by atoms with Crippen molar-refractivity contribution in [1.29, 1.82) is 0 Å². The molecule has 0 aliphatic heterocycles. The number of benzene rings is 2. The van der Waals surface area contributed by atoms with Crippen LogP contribution in [0.2, 0.25) is 0 Å². The van der Waals surface area contributed by atoms with Crippen LogP contribution in [0.1, 0.15) is 15.9 Å². The van der Waals surface area contributed by atoms with Gasteiger partial charge >= 0.3 is 5.76 Å². The highest BCUT2D eigenvalue weighted by Crippen LogP contribution is 2.21. The number of carbonyl (C=O) groups is 1. The van der Waals surface area contributed by atoms with Crippen molar-refractivity contribution in [2.75, 3.05) is 5.73 Å². The van der Waals surface area contributed by atoms with Gasteiger partial charge in [-0.25, -0.2) is 9.18 Å². The molecule has 1 aromatic heterocycles. The summed E-state index contributed by atoms with van der Waals surface area (Å²) in [6.07, 6.45) is 0. The number of carbonyl (C=O) groups excluding carboxylic acids is 1. The van der Waals surface area contributed by atoms with E-state index >= 15 is 0 Å². The normalized spacial score (nSPS) is 11.0. The molecule has 21 heavy (non-hydrogen) atoms. The number of ketones is 1. The summed E-state index contributed by atoms with van der Waals surface area (Å²) < 4.78 is 19.6. The third-order valence-corrected chi connectivity index (χ3v) is 3.31. The van der Waals surface area contributed by atoms with Gasteiger partial charge in [0.25, 0.3) is 0 Å². The Morgan fingerprint density at radius 3 is 2.76 bits per heavy atom. The van der Waals surface area contributed by atoms with Crippen LogP contribution in [-0.4, -0.2) is 10.4 Å². The lowest BCUT2D eigenvalue weighted by molar-refractivity contribution is 0.103. The molecule has 0 radical (unpaired) electrons. The van der Waals surface area contributed by atoms with E-state index in [1.165, 1.54) is 22.8 Å². The van der Waals surface area contributed by atoms with Crippen molar-refractivity contribution in [2.24, 2.45) is 7.05 Å². The number of aryl methyl sites for hydroxylation is 1. The lowest BCUT2D eigenvalue weighted by Gasteiger charge is -2.05. The third kappa shape index (κ3) is 2.10. The molecule has 0 saturated carbocycles. The van der Waals surface area contributed by atoms with Crippen molar-refractivity contribution in [3.8, 4) is 0 Å². The molecule has 6 heteroatoms. The van der Waals surface area contributed by atoms with Crippen molar-refractivity contribution in [3.63, 3.8) is 0 Å². The first-order valence-corrected chi connectivity index (χ1v) is 6.16. The number of nitrogens with two attached hydrogens (primary N) is 1. The zero-order valence-corrected chi connectivity index (χ0v) is 11.1. The summed E-state index contributed by atoms with van der Waals surface area (Å²) in [6.45, 7) is 0. The standard InChI is InChI=1S/C15H11FN2O3/c1-18-12-5-2-8(6-13(12)21-15(18)20)14(19)10-7-9(16)3-4-11(10)17/h2-7H,17H2,1H3. The van der Waals surface area contributed by atoms with Crippen LogP contribution in [0.5, 0.6) is 0 Å². The average molecular weight is 286 g/mol. The second kappa shape index (κ2) is 4.59. The molecular weight excluding hydrogens is 275 g/mol. The maximum Gasteiger partial charge on any atom is 0.419 e. The van der Waals surface area contributed by atoms with Gasteiger partial charge < -0.3 is 10.2 Å². The van der Waals surface area contributed by atoms with Crippen LogP contribution in [0.15, 0.2) is 45.6 Å². The van der Waals surface area contributed by atoms with Gasteiger partial charge in [0.1, 0.15) is 5.82 Å². The molecule has 0 saturated heterocycles. The minimum atomic E-state index is -0.542. The summed E-state index contributed by atoms with van der Waals surface area (Å²) in [6, 6.07) is 8.20. The SMILES string of the molecule is Cn1c(=O)oc2cc(C(=O)c3cc(F)ccc3N)ccc21. The number of anilines is 1. The molecule has 5 nitrogen and oxygen atoms in total. The Hall–Kier alpha value is -2.89. The largest absolute Gasteiger partial charge is 0.419 e. The van der Waals surface area contributed by atoms with Gasteiger partial charge in [0.15, 0.2) is 11.4 Å². The third-order valence-electron chi connectivity index (χ3n) is 3.31. The molecule has 0 spiro atoms. The quantitative estimate of drug-likeness (QED) is 0.578. The minimum Gasteiger partial charge on any atom is -0.408 e. The first kappa shape index (κ1) is 13.1. The molecule has 0 bridgehead atoms. The Morgan fingerprint density at radius 2 is 2.00 bits per heavy atom. The van der Waals surface area contributed by atoms with Crippen molar-refractivity contribution in [3.05, 3.63) is 63.9 Å². The highest BCUT2D eigenvalue weighted by Gasteiger charge is 2.15. The molecule has 106 valence electrons. The highest BCUT2D eigenvalue weighted by atomic mass is 19.1. The minimum absolute atomic E-state index is 0.0765. The number of oxazole rings is 1. The first-order valence-electron chi connectivity index (χ1n) is 6.16. The number of nitrogen functional groups attached to an aromatic ring is 1. The summed E-state index contributed by atoms with van der Waals surface area (Å²) in [5.41, 5.74) is 7.11. The van der Waals surface area contributed by atoms with Gasteiger partial charge in [-0.2, -0.15) is 0 Å². The fourth-order valence-corrected chi connectivity index (χ4v) is 2.16. The van der Waals surface area contributed by atoms with E-state index in [4.69, 9.17) is 10.2 Å². The van der Waals surface area contributed by atoms with Crippen LogP contribution in [0, 0.1) is 5.82 Å². The van der Waals surface area contributed by atoms with Gasteiger partial charge in [0.2, 0.25) is 0 Å². The zero-order chi connectivity index (χ0) is 15.1. The average Bonchev–Trinajstić information content (AvgIpc) is 2.75. The lowest BCUT2D eigenvalue weighted by Crippen LogP contribution is -2.08. The van der Waals surface area contributed by atoms with Gasteiger partial charge in [0.05, 0.1) is 5.52 Å². The summed E-state index contributed by atoms with van der Waals surface area (Å²) >= 11 is 0. The Balaban J connectivity index is 2.13. The number of halogens is 1. The van der Waals surface area contributed by atoms with E-state index < -0.39 is 17.4 Å². The molecular formula is C15H11FN2O3. The molecule has 0 unspecified atom stereocenters. The van der Waals surface area contributed by atoms with Crippen LogP contribution < -0.4 is 11.5 Å². The Labute approximate surface area is 118 Å². The molecule has 2 aromatic carbocycles. The molecule has 2 N–H and O–H groups in total. The van der Waals surface area contributed by atoms with Gasteiger partial charge in [-0.3, -0.25) is 9.36 Å². The van der Waals surface area contributed by atoms with E-state index in [0.29, 0.717) is 11.1 Å². The Kier molecular flexibility index (Phi) is 2.86. The molecule has 3 rings (SSSR count). The zero-order valence-electron chi connectivity index (χ0n) is 11.1. The van der Waals surface area contributed by atoms with Crippen LogP contribution in [0.25, 0.3) is 11.1 Å². The lowest BCUT2D eigenvalue weighted by atomic mass is 10.0. The van der Waals surface area contributed by atoms with Crippen LogP contribution in [0.3, 0.4) is 0 Å². The number of rotatable bonds is 2. The predicted molar refractivity (Wildman–Crippen MR) is 75.7 cm³/mol. The van der Waals surface area contributed by atoms with Crippen LogP contribution in [-0.2, 0) is 7.05 Å². The predicted octanol–water partition coefficient (Wildman–Crippen LogP) is 2.08. The topological polar surface area (TPSA) is 78.2 Å².